The summed E-state index contributed by atoms with van der Waals surface area (Å²) in [6.45, 7) is 10.0. The van der Waals surface area contributed by atoms with Crippen molar-refractivity contribution in [1.82, 2.24) is 0 Å². The quantitative estimate of drug-likeness (QED) is 0.500. The van der Waals surface area contributed by atoms with Crippen molar-refractivity contribution in [3.63, 3.8) is 0 Å². The van der Waals surface area contributed by atoms with Gasteiger partial charge in [0.2, 0.25) is 0 Å². The van der Waals surface area contributed by atoms with Gasteiger partial charge in [0.05, 0.1) is 0 Å². The molecule has 6 aliphatic rings. The molecule has 2 aromatic carbocycles. The molecule has 1 unspecified atom stereocenters. The fraction of sp³-hybridized carbons (Fsp3) is 0.500. The molecular weight excluding hydrogens is 571 g/mol. The maximum atomic E-state index is 2.74. The molecule has 0 aromatic heterocycles. The van der Waals surface area contributed by atoms with Gasteiger partial charge in [-0.25, -0.2) is 0 Å². The van der Waals surface area contributed by atoms with E-state index in [2.05, 4.69) is 82.3 Å². The number of halogens is 2. The van der Waals surface area contributed by atoms with Crippen LogP contribution in [-0.2, 0) is 21.3 Å². The van der Waals surface area contributed by atoms with Gasteiger partial charge in [-0.15, -0.1) is 0 Å². The summed E-state index contributed by atoms with van der Waals surface area (Å²) >= 11 is -2.16. The van der Waals surface area contributed by atoms with Crippen molar-refractivity contribution in [1.29, 1.82) is 0 Å². The predicted molar refractivity (Wildman–Crippen MR) is 145 cm³/mol. The maximum absolute atomic E-state index is 2.74. The standard InChI is InChI=1S/C18H25.C13H9.C3H6.2ClH.Zr/c1-12-3-13(2)17(4-12)11-18-8-14-5-15(9-18)7-16(6-14)10-18;1-3-7-12-10(5-1)9-11-6-2-4-8-13(11)12;1-3-2;;;/h4,12,14-16H,5-11H2,1-2H3;1-9H;1-2H3;2*1H;/q;;;;;+2/p-2. The monoisotopic (exact) mass is 608 g/mol. The first-order valence-electron chi connectivity index (χ1n) is 14.2. The molecule has 6 aliphatic carbocycles. The number of benzene rings is 2. The molecule has 194 valence electrons. The number of hydrogen-bond donors (Lipinski definition) is 0. The minimum atomic E-state index is -2.16. The van der Waals surface area contributed by atoms with Crippen LogP contribution in [0.5, 0.6) is 0 Å². The fourth-order valence-corrected chi connectivity index (χ4v) is 18.8. The molecule has 0 N–H and O–H groups in total. The number of allylic oxidation sites excluding steroid dienone is 4. The van der Waals surface area contributed by atoms with E-state index in [9.17, 15) is 0 Å². The summed E-state index contributed by atoms with van der Waals surface area (Å²) in [5, 5.41) is 0. The van der Waals surface area contributed by atoms with Crippen LogP contribution >= 0.6 is 0 Å². The zero-order valence-electron chi connectivity index (χ0n) is 22.8. The van der Waals surface area contributed by atoms with Crippen molar-refractivity contribution < 1.29 is 46.1 Å². The van der Waals surface area contributed by atoms with Gasteiger partial charge in [-0.2, -0.15) is 0 Å². The van der Waals surface area contributed by atoms with Gasteiger partial charge in [-0.1, -0.05) is 0 Å². The Morgan fingerprint density at radius 2 is 1.30 bits per heavy atom. The van der Waals surface area contributed by atoms with Gasteiger partial charge in [-0.3, -0.25) is 0 Å². The van der Waals surface area contributed by atoms with E-state index in [-0.39, 0.29) is 24.8 Å². The maximum Gasteiger partial charge on any atom is -1.00 e. The molecule has 0 amide bonds. The van der Waals surface area contributed by atoms with Crippen molar-refractivity contribution in [3.8, 4) is 11.1 Å². The minimum absolute atomic E-state index is 0. The summed E-state index contributed by atoms with van der Waals surface area (Å²) in [6.07, 6.45) is 13.4. The van der Waals surface area contributed by atoms with Crippen LogP contribution in [0.1, 0.15) is 87.4 Å². The van der Waals surface area contributed by atoms with Crippen LogP contribution in [0.15, 0.2) is 69.0 Å². The Morgan fingerprint density at radius 1 is 0.811 bits per heavy atom. The molecule has 4 fully saturated rings. The third kappa shape index (κ3) is 4.48. The zero-order valence-corrected chi connectivity index (χ0v) is 26.8. The molecule has 3 heteroatoms. The minimum Gasteiger partial charge on any atom is -1.00 e. The molecule has 8 rings (SSSR count). The number of fused-ring (bicyclic) bond motifs is 3. The van der Waals surface area contributed by atoms with Crippen molar-refractivity contribution in [2.24, 2.45) is 29.1 Å². The van der Waals surface area contributed by atoms with E-state index in [1.165, 1.54) is 36.8 Å². The molecule has 4 bridgehead atoms. The molecule has 0 radical (unpaired) electrons. The van der Waals surface area contributed by atoms with Crippen molar-refractivity contribution in [3.05, 3.63) is 80.2 Å². The molecule has 1 atom stereocenters. The molecule has 0 nitrogen and oxygen atoms in total. The van der Waals surface area contributed by atoms with Crippen LogP contribution in [0.2, 0.25) is 0 Å². The Labute approximate surface area is 244 Å². The number of rotatable bonds is 4. The molecule has 2 aromatic rings. The first-order valence-corrected chi connectivity index (χ1v) is 18.1. The van der Waals surface area contributed by atoms with E-state index in [0.29, 0.717) is 15.0 Å². The van der Waals surface area contributed by atoms with Gasteiger partial charge in [0.25, 0.3) is 0 Å². The summed E-state index contributed by atoms with van der Waals surface area (Å²) in [4.78, 5) is 0. The summed E-state index contributed by atoms with van der Waals surface area (Å²) in [7, 11) is 0. The van der Waals surface area contributed by atoms with Crippen molar-refractivity contribution in [2.45, 2.75) is 76.3 Å². The Balaban J connectivity index is 0.00000140. The third-order valence-electron chi connectivity index (χ3n) is 10.5. The van der Waals surface area contributed by atoms with E-state index in [1.54, 1.807) is 44.7 Å². The molecular formula is C34H40Cl2Zr. The van der Waals surface area contributed by atoms with Gasteiger partial charge in [-0.05, 0) is 0 Å². The van der Waals surface area contributed by atoms with Crippen molar-refractivity contribution in [2.75, 3.05) is 0 Å². The van der Waals surface area contributed by atoms with Gasteiger partial charge in [0.1, 0.15) is 0 Å². The molecule has 0 heterocycles. The average Bonchev–Trinajstić information content (AvgIpc) is 3.28. The van der Waals surface area contributed by atoms with Gasteiger partial charge < -0.3 is 24.8 Å². The second-order valence-corrected chi connectivity index (χ2v) is 20.4. The number of hydrogen-bond acceptors (Lipinski definition) is 0. The second kappa shape index (κ2) is 10.3. The third-order valence-corrected chi connectivity index (χ3v) is 19.5. The summed E-state index contributed by atoms with van der Waals surface area (Å²) in [5.41, 5.74) is 10.4. The topological polar surface area (TPSA) is 0 Å². The van der Waals surface area contributed by atoms with Gasteiger partial charge in [0.15, 0.2) is 0 Å². The SMILES string of the molecule is CC1=[C]([Zr+2](=[C](C)C)[CH]2c3ccccc3-c3ccccc32)C(C)C=C1CC12CC3CC(CC(C3)C1)C2.[Cl-].[Cl-]. The Kier molecular flexibility index (Phi) is 7.77. The molecule has 37 heavy (non-hydrogen) atoms. The predicted octanol–water partition coefficient (Wildman–Crippen LogP) is 3.05. The first kappa shape index (κ1) is 27.8. The van der Waals surface area contributed by atoms with Crippen LogP contribution in [0.25, 0.3) is 11.1 Å². The van der Waals surface area contributed by atoms with Gasteiger partial charge in [0, 0.05) is 0 Å². The Bertz CT molecular complexity index is 1230. The molecule has 0 aliphatic heterocycles. The second-order valence-electron chi connectivity index (χ2n) is 13.1. The van der Waals surface area contributed by atoms with E-state index in [4.69, 9.17) is 0 Å². The van der Waals surface area contributed by atoms with E-state index >= 15 is 0 Å². The van der Waals surface area contributed by atoms with Crippen LogP contribution in [0.4, 0.5) is 0 Å². The van der Waals surface area contributed by atoms with Crippen molar-refractivity contribution >= 4 is 3.21 Å². The van der Waals surface area contributed by atoms with Crippen LogP contribution < -0.4 is 24.8 Å². The van der Waals surface area contributed by atoms with Crippen LogP contribution in [0.3, 0.4) is 0 Å². The molecule has 0 saturated heterocycles. The Hall–Kier alpha value is -0.747. The van der Waals surface area contributed by atoms with Crippen LogP contribution in [0, 0.1) is 29.1 Å². The molecule has 4 saturated carbocycles. The zero-order chi connectivity index (χ0) is 23.9. The van der Waals surface area contributed by atoms with Gasteiger partial charge >= 0.3 is 221 Å². The van der Waals surface area contributed by atoms with E-state index in [1.807, 2.05) is 3.28 Å². The van der Waals surface area contributed by atoms with E-state index in [0.717, 1.165) is 17.8 Å². The smallest absolute Gasteiger partial charge is 1.00 e. The summed E-state index contributed by atoms with van der Waals surface area (Å²) in [6, 6.07) is 18.7. The van der Waals surface area contributed by atoms with E-state index < -0.39 is 21.3 Å². The Morgan fingerprint density at radius 3 is 1.78 bits per heavy atom. The first-order chi connectivity index (χ1) is 16.9. The summed E-state index contributed by atoms with van der Waals surface area (Å²) < 4.78 is 4.30. The normalized spacial score (nSPS) is 30.6. The fourth-order valence-electron chi connectivity index (χ4n) is 9.75. The largest absolute Gasteiger partial charge is 1.00 e. The molecule has 0 spiro atoms. The summed E-state index contributed by atoms with van der Waals surface area (Å²) in [5.74, 6) is 3.78. The average molecular weight is 611 g/mol. The van der Waals surface area contributed by atoms with Crippen LogP contribution in [-0.4, -0.2) is 3.21 Å².